The van der Waals surface area contributed by atoms with Crippen LogP contribution in [0.5, 0.6) is 0 Å². The molecule has 0 aliphatic rings. The van der Waals surface area contributed by atoms with E-state index in [-0.39, 0.29) is 0 Å². The molecule has 1 rings (SSSR count). The minimum Gasteiger partial charge on any atom is -0.383 e. The van der Waals surface area contributed by atoms with Crippen molar-refractivity contribution in [3.63, 3.8) is 0 Å². The molecule has 1 unspecified atom stereocenters. The Hall–Kier alpha value is -1.56. The van der Waals surface area contributed by atoms with E-state index >= 15 is 0 Å². The molecule has 0 fully saturated rings. The molecule has 0 bridgehead atoms. The van der Waals surface area contributed by atoms with Crippen LogP contribution >= 0.6 is 0 Å². The summed E-state index contributed by atoms with van der Waals surface area (Å²) in [5.41, 5.74) is 7.00. The third-order valence-corrected chi connectivity index (χ3v) is 2.18. The van der Waals surface area contributed by atoms with E-state index in [1.165, 1.54) is 0 Å². The Balaban J connectivity index is 3.04. The number of anilines is 1. The molecule has 13 heavy (non-hydrogen) atoms. The molecule has 0 saturated carbocycles. The monoisotopic (exact) mass is 175 g/mol. The summed E-state index contributed by atoms with van der Waals surface area (Å²) in [5.74, 6) is 0.732. The van der Waals surface area contributed by atoms with Crippen molar-refractivity contribution in [1.29, 1.82) is 5.26 Å². The lowest BCUT2D eigenvalue weighted by Gasteiger charge is -2.08. The van der Waals surface area contributed by atoms with Gasteiger partial charge in [-0.2, -0.15) is 5.26 Å². The fourth-order valence-corrected chi connectivity index (χ4v) is 1.07. The van der Waals surface area contributed by atoms with Crippen molar-refractivity contribution in [2.45, 2.75) is 26.2 Å². The van der Waals surface area contributed by atoms with Crippen LogP contribution in [0.15, 0.2) is 12.1 Å². The van der Waals surface area contributed by atoms with Crippen molar-refractivity contribution in [1.82, 2.24) is 4.98 Å². The molecule has 2 N–H and O–H groups in total. The molecule has 0 aliphatic carbocycles. The molecule has 1 aromatic rings. The first-order valence-corrected chi connectivity index (χ1v) is 4.35. The lowest BCUT2D eigenvalue weighted by Crippen LogP contribution is -2.01. The Morgan fingerprint density at radius 1 is 1.62 bits per heavy atom. The molecule has 68 valence electrons. The van der Waals surface area contributed by atoms with Gasteiger partial charge in [0.1, 0.15) is 11.9 Å². The zero-order valence-electron chi connectivity index (χ0n) is 7.91. The van der Waals surface area contributed by atoms with Gasteiger partial charge < -0.3 is 5.73 Å². The van der Waals surface area contributed by atoms with E-state index in [1.807, 2.05) is 12.1 Å². The van der Waals surface area contributed by atoms with Crippen molar-refractivity contribution >= 4 is 5.82 Å². The van der Waals surface area contributed by atoms with Gasteiger partial charge in [0, 0.05) is 5.69 Å². The molecule has 0 aromatic carbocycles. The fourth-order valence-electron chi connectivity index (χ4n) is 1.07. The summed E-state index contributed by atoms with van der Waals surface area (Å²) in [7, 11) is 0. The molecular formula is C10H13N3. The van der Waals surface area contributed by atoms with Gasteiger partial charge in [-0.05, 0) is 24.5 Å². The van der Waals surface area contributed by atoms with E-state index in [0.29, 0.717) is 17.3 Å². The summed E-state index contributed by atoms with van der Waals surface area (Å²) in [6, 6.07) is 5.58. The van der Waals surface area contributed by atoms with Gasteiger partial charge in [0.15, 0.2) is 0 Å². The summed E-state index contributed by atoms with van der Waals surface area (Å²) in [5, 5.41) is 8.64. The van der Waals surface area contributed by atoms with Gasteiger partial charge in [0.2, 0.25) is 0 Å². The maximum atomic E-state index is 8.64. The largest absolute Gasteiger partial charge is 0.383 e. The highest BCUT2D eigenvalue weighted by atomic mass is 14.8. The molecule has 1 heterocycles. The average Bonchev–Trinajstić information content (AvgIpc) is 2.16. The van der Waals surface area contributed by atoms with Gasteiger partial charge >= 0.3 is 0 Å². The van der Waals surface area contributed by atoms with E-state index in [4.69, 9.17) is 11.0 Å². The van der Waals surface area contributed by atoms with Crippen LogP contribution < -0.4 is 5.73 Å². The summed E-state index contributed by atoms with van der Waals surface area (Å²) in [4.78, 5) is 4.17. The number of pyridine rings is 1. The fraction of sp³-hybridized carbons (Fsp3) is 0.400. The molecule has 0 spiro atoms. The molecule has 0 amide bonds. The molecule has 0 radical (unpaired) electrons. The van der Waals surface area contributed by atoms with Crippen LogP contribution in [0.2, 0.25) is 0 Å². The Labute approximate surface area is 78.2 Å². The molecule has 0 aliphatic heterocycles. The van der Waals surface area contributed by atoms with Gasteiger partial charge in [-0.15, -0.1) is 0 Å². The Bertz CT molecular complexity index is 339. The minimum absolute atomic E-state index is 0.334. The zero-order valence-corrected chi connectivity index (χ0v) is 7.91. The quantitative estimate of drug-likeness (QED) is 0.748. The second kappa shape index (κ2) is 3.90. The predicted octanol–water partition coefficient (Wildman–Crippen LogP) is 2.05. The molecule has 3 nitrogen and oxygen atoms in total. The van der Waals surface area contributed by atoms with Crippen molar-refractivity contribution in [3.05, 3.63) is 23.4 Å². The van der Waals surface area contributed by atoms with Gasteiger partial charge in [-0.1, -0.05) is 13.8 Å². The summed E-state index contributed by atoms with van der Waals surface area (Å²) in [6.45, 7) is 4.19. The maximum absolute atomic E-state index is 8.64. The van der Waals surface area contributed by atoms with E-state index in [9.17, 15) is 0 Å². The van der Waals surface area contributed by atoms with Crippen LogP contribution in [0.1, 0.15) is 37.4 Å². The van der Waals surface area contributed by atoms with E-state index in [0.717, 1.165) is 12.1 Å². The number of hydrogen-bond acceptors (Lipinski definition) is 3. The van der Waals surface area contributed by atoms with E-state index in [2.05, 4.69) is 18.8 Å². The topological polar surface area (TPSA) is 62.7 Å². The number of hydrogen-bond donors (Lipinski definition) is 1. The third kappa shape index (κ3) is 1.97. The van der Waals surface area contributed by atoms with Crippen LogP contribution in [0, 0.1) is 11.3 Å². The molecule has 0 saturated heterocycles. The average molecular weight is 175 g/mol. The van der Waals surface area contributed by atoms with E-state index in [1.54, 1.807) is 6.07 Å². The number of nitrogen functional groups attached to an aromatic ring is 1. The smallest absolute Gasteiger partial charge is 0.141 e. The van der Waals surface area contributed by atoms with Crippen molar-refractivity contribution in [2.24, 2.45) is 0 Å². The lowest BCUT2D eigenvalue weighted by atomic mass is 10.0. The maximum Gasteiger partial charge on any atom is 0.141 e. The van der Waals surface area contributed by atoms with Gasteiger partial charge in [0.05, 0.1) is 5.56 Å². The highest BCUT2D eigenvalue weighted by molar-refractivity contribution is 5.48. The van der Waals surface area contributed by atoms with Crippen molar-refractivity contribution in [2.75, 3.05) is 5.73 Å². The van der Waals surface area contributed by atoms with E-state index < -0.39 is 0 Å². The van der Waals surface area contributed by atoms with Crippen molar-refractivity contribution < 1.29 is 0 Å². The second-order valence-electron chi connectivity index (χ2n) is 3.09. The van der Waals surface area contributed by atoms with Gasteiger partial charge in [-0.3, -0.25) is 0 Å². The first kappa shape index (κ1) is 9.53. The Kier molecular flexibility index (Phi) is 2.86. The summed E-state index contributed by atoms with van der Waals surface area (Å²) in [6.07, 6.45) is 1.03. The number of rotatable bonds is 2. The highest BCUT2D eigenvalue weighted by Gasteiger charge is 2.06. The molecule has 3 heteroatoms. The molecule has 1 atom stereocenters. The molecular weight excluding hydrogens is 162 g/mol. The first-order chi connectivity index (χ1) is 6.19. The number of aromatic nitrogens is 1. The Morgan fingerprint density at radius 3 is 2.77 bits per heavy atom. The van der Waals surface area contributed by atoms with Crippen LogP contribution in [-0.4, -0.2) is 4.98 Å². The number of nitrogens with zero attached hydrogens (tertiary/aromatic N) is 2. The number of nitriles is 1. The Morgan fingerprint density at radius 2 is 2.31 bits per heavy atom. The standard InChI is InChI=1S/C10H13N3/c1-3-7(2)9-5-4-8(6-11)10(12)13-9/h4-5,7H,3H2,1-2H3,(H2,12,13). The lowest BCUT2D eigenvalue weighted by molar-refractivity contribution is 0.709. The summed E-state index contributed by atoms with van der Waals surface area (Å²) >= 11 is 0. The predicted molar refractivity (Wildman–Crippen MR) is 52.1 cm³/mol. The second-order valence-corrected chi connectivity index (χ2v) is 3.09. The molecule has 1 aromatic heterocycles. The van der Waals surface area contributed by atoms with Gasteiger partial charge in [-0.25, -0.2) is 4.98 Å². The number of nitrogens with two attached hydrogens (primary N) is 1. The highest BCUT2D eigenvalue weighted by Crippen LogP contribution is 2.18. The van der Waals surface area contributed by atoms with Crippen LogP contribution in [0.4, 0.5) is 5.82 Å². The zero-order chi connectivity index (χ0) is 9.84. The third-order valence-electron chi connectivity index (χ3n) is 2.18. The SMILES string of the molecule is CCC(C)c1ccc(C#N)c(N)n1. The normalized spacial score (nSPS) is 12.1. The van der Waals surface area contributed by atoms with Crippen LogP contribution in [0.3, 0.4) is 0 Å². The van der Waals surface area contributed by atoms with Crippen molar-refractivity contribution in [3.8, 4) is 6.07 Å². The summed E-state index contributed by atoms with van der Waals surface area (Å²) < 4.78 is 0. The first-order valence-electron chi connectivity index (χ1n) is 4.35. The van der Waals surface area contributed by atoms with Crippen LogP contribution in [-0.2, 0) is 0 Å². The van der Waals surface area contributed by atoms with Crippen LogP contribution in [0.25, 0.3) is 0 Å². The minimum atomic E-state index is 0.334. The van der Waals surface area contributed by atoms with Gasteiger partial charge in [0.25, 0.3) is 0 Å².